The molecule has 3 rings (SSSR count). The predicted molar refractivity (Wildman–Crippen MR) is 57.8 cm³/mol. The van der Waals surface area contributed by atoms with Gasteiger partial charge in [0, 0.05) is 12.8 Å². The summed E-state index contributed by atoms with van der Waals surface area (Å²) in [6, 6.07) is 0. The SMILES string of the molecule is OCC1(CO)O[CH-]C2OC3(CCCCC3)OC21.[U+2]. The number of ether oxygens (including phenoxy) is 3. The fourth-order valence-electron chi connectivity index (χ4n) is 3.04. The largest absolute Gasteiger partial charge is 2.00 e. The first-order valence-corrected chi connectivity index (χ1v) is 6.32. The van der Waals surface area contributed by atoms with E-state index in [-0.39, 0.29) is 50.4 Å². The van der Waals surface area contributed by atoms with Gasteiger partial charge in [-0.15, -0.1) is 0 Å². The molecule has 0 aromatic rings. The quantitative estimate of drug-likeness (QED) is 0.558. The Bertz CT molecular complexity index is 288. The molecule has 3 aliphatic rings. The predicted octanol–water partition coefficient (Wildman–Crippen LogP) is 0.346. The van der Waals surface area contributed by atoms with E-state index < -0.39 is 17.5 Å². The molecule has 2 unspecified atom stereocenters. The molecule has 2 aliphatic heterocycles. The maximum Gasteiger partial charge on any atom is 2.00 e. The molecular weight excluding hydrogens is 462 g/mol. The van der Waals surface area contributed by atoms with Crippen molar-refractivity contribution in [2.24, 2.45) is 0 Å². The summed E-state index contributed by atoms with van der Waals surface area (Å²) in [5, 5.41) is 18.8. The standard InChI is InChI=1S/C12H19O5.U/c13-7-11(8-14)10-9(6-15-11)16-12(17-10)4-2-1-3-5-12;/h6,9-10,13-14H,1-5,7-8H2;/q-1;+2. The molecule has 0 radical (unpaired) electrons. The first-order chi connectivity index (χ1) is 8.24. The van der Waals surface area contributed by atoms with Crippen molar-refractivity contribution in [1.29, 1.82) is 0 Å². The van der Waals surface area contributed by atoms with Crippen LogP contribution in [-0.2, 0) is 14.2 Å². The zero-order valence-corrected chi connectivity index (χ0v) is 14.5. The maximum atomic E-state index is 9.41. The molecule has 3 fully saturated rings. The molecule has 6 heteroatoms. The fraction of sp³-hybridized carbons (Fsp3) is 0.917. The number of rotatable bonds is 2. The van der Waals surface area contributed by atoms with E-state index in [2.05, 4.69) is 0 Å². The Balaban J connectivity index is 0.00000120. The van der Waals surface area contributed by atoms with Crippen LogP contribution in [0, 0.1) is 37.7 Å². The zero-order valence-electron chi connectivity index (χ0n) is 10.3. The Labute approximate surface area is 131 Å². The van der Waals surface area contributed by atoms with Gasteiger partial charge in [-0.2, -0.15) is 6.61 Å². The first-order valence-electron chi connectivity index (χ1n) is 6.32. The van der Waals surface area contributed by atoms with Gasteiger partial charge in [-0.3, -0.25) is 0 Å². The van der Waals surface area contributed by atoms with Gasteiger partial charge in [0.1, 0.15) is 5.60 Å². The summed E-state index contributed by atoms with van der Waals surface area (Å²) in [4.78, 5) is 0. The summed E-state index contributed by atoms with van der Waals surface area (Å²) in [5.74, 6) is -0.510. The molecule has 1 saturated carbocycles. The second kappa shape index (κ2) is 5.69. The third kappa shape index (κ3) is 2.31. The second-order valence-electron chi connectivity index (χ2n) is 5.23. The molecule has 2 N–H and O–H groups in total. The van der Waals surface area contributed by atoms with Crippen molar-refractivity contribution in [2.75, 3.05) is 13.2 Å². The van der Waals surface area contributed by atoms with Crippen molar-refractivity contribution < 1.29 is 55.5 Å². The van der Waals surface area contributed by atoms with Crippen molar-refractivity contribution in [3.8, 4) is 0 Å². The molecule has 100 valence electrons. The average molecular weight is 481 g/mol. The molecule has 1 aliphatic carbocycles. The molecule has 0 amide bonds. The van der Waals surface area contributed by atoms with Crippen LogP contribution >= 0.6 is 0 Å². The molecule has 18 heavy (non-hydrogen) atoms. The second-order valence-corrected chi connectivity index (χ2v) is 5.23. The van der Waals surface area contributed by atoms with Gasteiger partial charge in [0.25, 0.3) is 0 Å². The summed E-state index contributed by atoms with van der Waals surface area (Å²) in [7, 11) is 0. The average Bonchev–Trinajstić information content (AvgIpc) is 2.86. The summed E-state index contributed by atoms with van der Waals surface area (Å²) < 4.78 is 17.3. The van der Waals surface area contributed by atoms with Crippen LogP contribution in [0.5, 0.6) is 0 Å². The minimum Gasteiger partial charge on any atom is -0.540 e. The smallest absolute Gasteiger partial charge is 0.540 e. The van der Waals surface area contributed by atoms with Gasteiger partial charge in [0.2, 0.25) is 0 Å². The van der Waals surface area contributed by atoms with Crippen molar-refractivity contribution in [3.05, 3.63) is 6.61 Å². The Hall–Kier alpha value is 0.852. The minimum absolute atomic E-state index is 0. The van der Waals surface area contributed by atoms with Gasteiger partial charge >= 0.3 is 31.1 Å². The summed E-state index contributed by atoms with van der Waals surface area (Å²) in [6.07, 6.45) is 4.54. The number of aliphatic hydroxyl groups is 2. The molecular formula is C12H19O5U+. The van der Waals surface area contributed by atoms with Gasteiger partial charge in [-0.1, -0.05) is 6.42 Å². The third-order valence-electron chi connectivity index (χ3n) is 4.10. The molecule has 0 aromatic carbocycles. The third-order valence-corrected chi connectivity index (χ3v) is 4.10. The topological polar surface area (TPSA) is 68.2 Å². The molecule has 1 spiro atoms. The van der Waals surface area contributed by atoms with E-state index in [9.17, 15) is 10.2 Å². The first kappa shape index (κ1) is 15.2. The van der Waals surface area contributed by atoms with E-state index in [1.807, 2.05) is 0 Å². The monoisotopic (exact) mass is 481 g/mol. The number of hydrogen-bond donors (Lipinski definition) is 2. The van der Waals surface area contributed by atoms with E-state index >= 15 is 0 Å². The van der Waals surface area contributed by atoms with E-state index in [1.54, 1.807) is 6.61 Å². The van der Waals surface area contributed by atoms with Crippen LogP contribution in [-0.4, -0.2) is 47.0 Å². The molecule has 0 aromatic heterocycles. The van der Waals surface area contributed by atoms with E-state index in [0.29, 0.717) is 0 Å². The Morgan fingerprint density at radius 3 is 2.33 bits per heavy atom. The molecule has 0 bridgehead atoms. The minimum atomic E-state index is -1.04. The number of aliphatic hydroxyl groups excluding tert-OH is 2. The zero-order chi connectivity index (χ0) is 11.9. The van der Waals surface area contributed by atoms with Gasteiger partial charge in [-0.25, -0.2) is 0 Å². The van der Waals surface area contributed by atoms with Crippen LogP contribution in [0.25, 0.3) is 0 Å². The van der Waals surface area contributed by atoms with Crippen molar-refractivity contribution in [2.45, 2.75) is 55.7 Å². The fourth-order valence-corrected chi connectivity index (χ4v) is 3.04. The van der Waals surface area contributed by atoms with Crippen LogP contribution in [0.15, 0.2) is 0 Å². The van der Waals surface area contributed by atoms with Crippen LogP contribution in [0.1, 0.15) is 32.1 Å². The molecule has 2 atom stereocenters. The normalized spacial score (nSPS) is 36.3. The Morgan fingerprint density at radius 2 is 1.72 bits per heavy atom. The van der Waals surface area contributed by atoms with Gasteiger partial charge in [0.15, 0.2) is 5.79 Å². The molecule has 2 saturated heterocycles. The van der Waals surface area contributed by atoms with Crippen LogP contribution in [0.3, 0.4) is 0 Å². The van der Waals surface area contributed by atoms with E-state index in [1.165, 1.54) is 6.42 Å². The van der Waals surface area contributed by atoms with Crippen LogP contribution < -0.4 is 0 Å². The van der Waals surface area contributed by atoms with Crippen molar-refractivity contribution in [1.82, 2.24) is 0 Å². The summed E-state index contributed by atoms with van der Waals surface area (Å²) in [6.45, 7) is 1.03. The summed E-state index contributed by atoms with van der Waals surface area (Å²) in [5.41, 5.74) is -1.04. The van der Waals surface area contributed by atoms with Crippen molar-refractivity contribution >= 4 is 0 Å². The van der Waals surface area contributed by atoms with Crippen LogP contribution in [0.2, 0.25) is 0 Å². The van der Waals surface area contributed by atoms with Gasteiger partial charge in [-0.05, 0) is 18.9 Å². The number of fused-ring (bicyclic) bond motifs is 1. The van der Waals surface area contributed by atoms with Gasteiger partial charge < -0.3 is 24.4 Å². The molecule has 2 heterocycles. The van der Waals surface area contributed by atoms with Crippen molar-refractivity contribution in [3.63, 3.8) is 0 Å². The maximum absolute atomic E-state index is 9.41. The Kier molecular flexibility index (Phi) is 4.82. The Morgan fingerprint density at radius 1 is 1.06 bits per heavy atom. The van der Waals surface area contributed by atoms with E-state index in [0.717, 1.165) is 25.7 Å². The summed E-state index contributed by atoms with van der Waals surface area (Å²) >= 11 is 0. The molecule has 5 nitrogen and oxygen atoms in total. The van der Waals surface area contributed by atoms with Crippen LogP contribution in [0.4, 0.5) is 0 Å². The number of hydrogen-bond acceptors (Lipinski definition) is 5. The van der Waals surface area contributed by atoms with E-state index in [4.69, 9.17) is 14.2 Å². The van der Waals surface area contributed by atoms with Gasteiger partial charge in [0.05, 0.1) is 19.3 Å².